The monoisotopic (exact) mass is 189 g/mol. The van der Waals surface area contributed by atoms with Gasteiger partial charge in [-0.2, -0.15) is 0 Å². The Hall–Kier alpha value is -1.57. The first-order chi connectivity index (χ1) is 6.86. The summed E-state index contributed by atoms with van der Waals surface area (Å²) >= 11 is 0. The van der Waals surface area contributed by atoms with Crippen LogP contribution in [0.15, 0.2) is 43.0 Å². The molecule has 0 aliphatic carbocycles. The number of nitrogens with one attached hydrogen (secondary N) is 1. The summed E-state index contributed by atoms with van der Waals surface area (Å²) in [6.07, 6.45) is 4.33. The van der Waals surface area contributed by atoms with E-state index in [9.17, 15) is 4.79 Å². The van der Waals surface area contributed by atoms with Gasteiger partial charge in [-0.3, -0.25) is 4.79 Å². The Labute approximate surface area is 84.6 Å². The largest absolute Gasteiger partial charge is 0.352 e. The molecule has 1 aromatic rings. The fourth-order valence-electron chi connectivity index (χ4n) is 1.32. The summed E-state index contributed by atoms with van der Waals surface area (Å²) < 4.78 is 0. The molecule has 0 aliphatic heterocycles. The molecule has 1 atom stereocenters. The Kier molecular flexibility index (Phi) is 4.48. The van der Waals surface area contributed by atoms with Crippen molar-refractivity contribution in [1.29, 1.82) is 0 Å². The van der Waals surface area contributed by atoms with Gasteiger partial charge < -0.3 is 5.32 Å². The maximum absolute atomic E-state index is 10.2. The van der Waals surface area contributed by atoms with Crippen LogP contribution in [-0.4, -0.2) is 12.5 Å². The predicted octanol–water partition coefficient (Wildman–Crippen LogP) is 1.92. The molecule has 0 aliphatic rings. The molecule has 0 fully saturated rings. The summed E-state index contributed by atoms with van der Waals surface area (Å²) in [6, 6.07) is 10.3. The highest BCUT2D eigenvalue weighted by molar-refractivity contribution is 5.47. The molecule has 0 bridgehead atoms. The van der Waals surface area contributed by atoms with E-state index in [0.29, 0.717) is 0 Å². The lowest BCUT2D eigenvalue weighted by Crippen LogP contribution is -2.25. The molecule has 0 radical (unpaired) electrons. The lowest BCUT2D eigenvalue weighted by Gasteiger charge is -2.10. The van der Waals surface area contributed by atoms with Gasteiger partial charge in [0.25, 0.3) is 0 Å². The molecule has 1 aromatic carbocycles. The Morgan fingerprint density at radius 2 is 2.07 bits per heavy atom. The smallest absolute Gasteiger partial charge is 0.207 e. The number of carbonyl (C=O) groups is 1. The van der Waals surface area contributed by atoms with Gasteiger partial charge in [-0.1, -0.05) is 36.4 Å². The third-order valence-corrected chi connectivity index (χ3v) is 2.15. The van der Waals surface area contributed by atoms with E-state index in [1.165, 1.54) is 5.56 Å². The minimum Gasteiger partial charge on any atom is -0.352 e. The molecule has 1 rings (SSSR count). The number of carbonyl (C=O) groups excluding carboxylic acids is 1. The first-order valence-corrected chi connectivity index (χ1v) is 4.73. The van der Waals surface area contributed by atoms with Crippen LogP contribution in [-0.2, 0) is 11.2 Å². The van der Waals surface area contributed by atoms with Crippen LogP contribution in [0.1, 0.15) is 12.0 Å². The van der Waals surface area contributed by atoms with Crippen LogP contribution in [0.2, 0.25) is 0 Å². The number of hydrogen-bond donors (Lipinski definition) is 1. The van der Waals surface area contributed by atoms with Gasteiger partial charge in [0.15, 0.2) is 0 Å². The van der Waals surface area contributed by atoms with Gasteiger partial charge in [0.1, 0.15) is 0 Å². The third-order valence-electron chi connectivity index (χ3n) is 2.15. The van der Waals surface area contributed by atoms with Crippen molar-refractivity contribution in [2.24, 2.45) is 0 Å². The van der Waals surface area contributed by atoms with E-state index < -0.39 is 0 Å². The molecule has 0 unspecified atom stereocenters. The van der Waals surface area contributed by atoms with Gasteiger partial charge >= 0.3 is 0 Å². The molecule has 74 valence electrons. The van der Waals surface area contributed by atoms with E-state index in [2.05, 4.69) is 24.0 Å². The second-order valence-electron chi connectivity index (χ2n) is 3.15. The van der Waals surface area contributed by atoms with E-state index in [-0.39, 0.29) is 6.04 Å². The van der Waals surface area contributed by atoms with E-state index in [4.69, 9.17) is 0 Å². The molecule has 0 heterocycles. The molecule has 2 heteroatoms. The van der Waals surface area contributed by atoms with Crippen LogP contribution in [0.4, 0.5) is 0 Å². The van der Waals surface area contributed by atoms with Gasteiger partial charge in [0, 0.05) is 6.04 Å². The highest BCUT2D eigenvalue weighted by Crippen LogP contribution is 2.04. The van der Waals surface area contributed by atoms with Gasteiger partial charge in [0.05, 0.1) is 0 Å². The van der Waals surface area contributed by atoms with E-state index in [0.717, 1.165) is 19.3 Å². The van der Waals surface area contributed by atoms with Crippen LogP contribution < -0.4 is 5.32 Å². The fraction of sp³-hybridized carbons (Fsp3) is 0.250. The highest BCUT2D eigenvalue weighted by Gasteiger charge is 2.01. The predicted molar refractivity (Wildman–Crippen MR) is 57.9 cm³/mol. The summed E-state index contributed by atoms with van der Waals surface area (Å²) in [5, 5.41) is 2.70. The lowest BCUT2D eigenvalue weighted by atomic mass is 10.1. The minimum absolute atomic E-state index is 0.0766. The average Bonchev–Trinajstić information content (AvgIpc) is 2.25. The number of rotatable bonds is 6. The Balaban J connectivity index is 2.39. The molecule has 14 heavy (non-hydrogen) atoms. The van der Waals surface area contributed by atoms with Crippen molar-refractivity contribution in [2.45, 2.75) is 18.9 Å². The van der Waals surface area contributed by atoms with E-state index in [1.807, 2.05) is 18.2 Å². The summed E-state index contributed by atoms with van der Waals surface area (Å²) in [4.78, 5) is 10.2. The Morgan fingerprint density at radius 1 is 1.36 bits per heavy atom. The molecule has 1 amide bonds. The minimum atomic E-state index is 0.0766. The zero-order chi connectivity index (χ0) is 10.2. The van der Waals surface area contributed by atoms with Crippen LogP contribution in [0, 0.1) is 0 Å². The van der Waals surface area contributed by atoms with Gasteiger partial charge in [-0.25, -0.2) is 0 Å². The molecule has 0 saturated carbocycles. The Morgan fingerprint density at radius 3 is 2.64 bits per heavy atom. The number of aryl methyl sites for hydroxylation is 1. The second-order valence-corrected chi connectivity index (χ2v) is 3.15. The van der Waals surface area contributed by atoms with Crippen LogP contribution in [0.3, 0.4) is 0 Å². The average molecular weight is 189 g/mol. The zero-order valence-corrected chi connectivity index (χ0v) is 8.15. The van der Waals surface area contributed by atoms with Gasteiger partial charge in [-0.15, -0.1) is 6.58 Å². The maximum atomic E-state index is 10.2. The number of benzene rings is 1. The van der Waals surface area contributed by atoms with Crippen molar-refractivity contribution < 1.29 is 4.79 Å². The van der Waals surface area contributed by atoms with E-state index >= 15 is 0 Å². The topological polar surface area (TPSA) is 29.1 Å². The van der Waals surface area contributed by atoms with Crippen molar-refractivity contribution in [3.05, 3.63) is 48.6 Å². The second kappa shape index (κ2) is 5.97. The SMILES string of the molecule is C=C[C@@H](CCc1ccccc1)NC=O. The van der Waals surface area contributed by atoms with Gasteiger partial charge in [0.2, 0.25) is 6.41 Å². The van der Waals surface area contributed by atoms with Crippen molar-refractivity contribution in [3.63, 3.8) is 0 Å². The van der Waals surface area contributed by atoms with Crippen LogP contribution >= 0.6 is 0 Å². The standard InChI is InChI=1S/C12H15NO/c1-2-12(13-10-14)9-8-11-6-4-3-5-7-11/h2-7,10,12H,1,8-9H2,(H,13,14)/t12-/m0/s1. The summed E-state index contributed by atoms with van der Waals surface area (Å²) in [5.74, 6) is 0. The molecular weight excluding hydrogens is 174 g/mol. The van der Waals surface area contributed by atoms with Crippen molar-refractivity contribution in [2.75, 3.05) is 0 Å². The quantitative estimate of drug-likeness (QED) is 0.537. The summed E-state index contributed by atoms with van der Waals surface area (Å²) in [5.41, 5.74) is 1.28. The van der Waals surface area contributed by atoms with Crippen molar-refractivity contribution >= 4 is 6.41 Å². The summed E-state index contributed by atoms with van der Waals surface area (Å²) in [6.45, 7) is 3.67. The molecule has 0 saturated heterocycles. The first-order valence-electron chi connectivity index (χ1n) is 4.73. The first kappa shape index (κ1) is 10.5. The molecule has 0 spiro atoms. The fourth-order valence-corrected chi connectivity index (χ4v) is 1.32. The lowest BCUT2D eigenvalue weighted by molar-refractivity contribution is -0.109. The normalized spacial score (nSPS) is 11.7. The zero-order valence-electron chi connectivity index (χ0n) is 8.15. The van der Waals surface area contributed by atoms with Crippen LogP contribution in [0.5, 0.6) is 0 Å². The molecule has 1 N–H and O–H groups in total. The van der Waals surface area contributed by atoms with Gasteiger partial charge in [-0.05, 0) is 18.4 Å². The molecule has 0 aromatic heterocycles. The highest BCUT2D eigenvalue weighted by atomic mass is 16.1. The Bertz CT molecular complexity index is 282. The maximum Gasteiger partial charge on any atom is 0.207 e. The van der Waals surface area contributed by atoms with Crippen molar-refractivity contribution in [3.8, 4) is 0 Å². The van der Waals surface area contributed by atoms with Crippen molar-refractivity contribution in [1.82, 2.24) is 5.32 Å². The number of hydrogen-bond acceptors (Lipinski definition) is 1. The van der Waals surface area contributed by atoms with E-state index in [1.54, 1.807) is 6.08 Å². The molecular formula is C12H15NO. The third kappa shape index (κ3) is 3.44. The number of amides is 1. The summed E-state index contributed by atoms with van der Waals surface area (Å²) in [7, 11) is 0. The van der Waals surface area contributed by atoms with Crippen LogP contribution in [0.25, 0.3) is 0 Å². The molecule has 2 nitrogen and oxygen atoms in total.